The monoisotopic (exact) mass is 351 g/mol. The summed E-state index contributed by atoms with van der Waals surface area (Å²) < 4.78 is 22.4. The van der Waals surface area contributed by atoms with Gasteiger partial charge in [-0.15, -0.1) is 0 Å². The van der Waals surface area contributed by atoms with E-state index in [-0.39, 0.29) is 0 Å². The SMILES string of the molecule is COc1ccc2c(c1OC)CC1=C2N(C)CCc2cc3c(cc21)OCO3. The maximum Gasteiger partial charge on any atom is 0.231 e. The van der Waals surface area contributed by atoms with Crippen LogP contribution in [0.25, 0.3) is 11.3 Å². The van der Waals surface area contributed by atoms with Crippen LogP contribution in [0.4, 0.5) is 0 Å². The van der Waals surface area contributed by atoms with Gasteiger partial charge in [-0.2, -0.15) is 0 Å². The fourth-order valence-corrected chi connectivity index (χ4v) is 4.34. The highest BCUT2D eigenvalue weighted by Gasteiger charge is 2.33. The number of hydrogen-bond donors (Lipinski definition) is 0. The molecule has 2 aliphatic heterocycles. The molecule has 0 atom stereocenters. The Hall–Kier alpha value is -2.82. The molecule has 0 fully saturated rings. The molecular weight excluding hydrogens is 330 g/mol. The summed E-state index contributed by atoms with van der Waals surface area (Å²) in [6.45, 7) is 1.26. The number of likely N-dealkylation sites (N-methyl/N-ethyl adjacent to an activating group) is 1. The first-order valence-corrected chi connectivity index (χ1v) is 8.82. The maximum absolute atomic E-state index is 5.70. The Morgan fingerprint density at radius 1 is 1.00 bits per heavy atom. The first-order valence-electron chi connectivity index (χ1n) is 8.82. The molecule has 0 unspecified atom stereocenters. The zero-order valence-electron chi connectivity index (χ0n) is 15.2. The normalized spacial score (nSPS) is 16.8. The van der Waals surface area contributed by atoms with Crippen molar-refractivity contribution in [1.29, 1.82) is 0 Å². The van der Waals surface area contributed by atoms with Gasteiger partial charge in [-0.3, -0.25) is 0 Å². The van der Waals surface area contributed by atoms with E-state index in [1.54, 1.807) is 14.2 Å². The highest BCUT2D eigenvalue weighted by molar-refractivity contribution is 5.99. The van der Waals surface area contributed by atoms with E-state index in [0.717, 1.165) is 42.4 Å². The van der Waals surface area contributed by atoms with Crippen molar-refractivity contribution in [3.8, 4) is 23.0 Å². The molecule has 0 amide bonds. The molecule has 2 aromatic carbocycles. The molecular formula is C21H21NO4. The topological polar surface area (TPSA) is 40.2 Å². The van der Waals surface area contributed by atoms with Gasteiger partial charge in [0.05, 0.1) is 14.2 Å². The third-order valence-electron chi connectivity index (χ3n) is 5.56. The lowest BCUT2D eigenvalue weighted by Gasteiger charge is -2.21. The Labute approximate surface area is 152 Å². The van der Waals surface area contributed by atoms with E-state index in [1.165, 1.54) is 33.5 Å². The Morgan fingerprint density at radius 2 is 1.81 bits per heavy atom. The molecule has 0 saturated heterocycles. The van der Waals surface area contributed by atoms with Crippen molar-refractivity contribution in [3.05, 3.63) is 46.5 Å². The zero-order chi connectivity index (χ0) is 17.8. The molecule has 0 saturated carbocycles. The van der Waals surface area contributed by atoms with Crippen molar-refractivity contribution >= 4 is 11.3 Å². The Bertz CT molecular complexity index is 948. The van der Waals surface area contributed by atoms with E-state index in [0.29, 0.717) is 6.79 Å². The second-order valence-corrected chi connectivity index (χ2v) is 6.87. The van der Waals surface area contributed by atoms with E-state index in [1.807, 2.05) is 6.07 Å². The van der Waals surface area contributed by atoms with Crippen LogP contribution in [-0.4, -0.2) is 39.5 Å². The second-order valence-electron chi connectivity index (χ2n) is 6.87. The fourth-order valence-electron chi connectivity index (χ4n) is 4.34. The fraction of sp³-hybridized carbons (Fsp3) is 0.333. The lowest BCUT2D eigenvalue weighted by molar-refractivity contribution is 0.174. The van der Waals surface area contributed by atoms with Gasteiger partial charge in [0.15, 0.2) is 23.0 Å². The van der Waals surface area contributed by atoms with Crippen molar-refractivity contribution in [3.63, 3.8) is 0 Å². The van der Waals surface area contributed by atoms with Crippen LogP contribution in [0.15, 0.2) is 24.3 Å². The summed E-state index contributed by atoms with van der Waals surface area (Å²) in [6.07, 6.45) is 1.81. The standard InChI is InChI=1S/C21H21NO4/c1-22-7-6-12-8-18-19(26-11-25-18)10-14(12)15-9-16-13(20(15)22)4-5-17(23-2)21(16)24-3/h4-5,8,10H,6-7,9,11H2,1-3H3. The van der Waals surface area contributed by atoms with Crippen LogP contribution in [-0.2, 0) is 12.8 Å². The number of allylic oxidation sites excluding steroid dienone is 1. The van der Waals surface area contributed by atoms with E-state index in [9.17, 15) is 0 Å². The molecule has 134 valence electrons. The van der Waals surface area contributed by atoms with Gasteiger partial charge in [-0.1, -0.05) is 0 Å². The van der Waals surface area contributed by atoms with Crippen LogP contribution in [0.2, 0.25) is 0 Å². The largest absolute Gasteiger partial charge is 0.493 e. The summed E-state index contributed by atoms with van der Waals surface area (Å²) in [5.41, 5.74) is 7.58. The van der Waals surface area contributed by atoms with E-state index in [2.05, 4.69) is 30.1 Å². The van der Waals surface area contributed by atoms with Gasteiger partial charge >= 0.3 is 0 Å². The highest BCUT2D eigenvalue weighted by Crippen LogP contribution is 2.50. The lowest BCUT2D eigenvalue weighted by atomic mass is 9.95. The summed E-state index contributed by atoms with van der Waals surface area (Å²) in [4.78, 5) is 2.35. The zero-order valence-corrected chi connectivity index (χ0v) is 15.2. The smallest absolute Gasteiger partial charge is 0.231 e. The van der Waals surface area contributed by atoms with Crippen molar-refractivity contribution in [1.82, 2.24) is 4.90 Å². The van der Waals surface area contributed by atoms with Crippen molar-refractivity contribution < 1.29 is 18.9 Å². The van der Waals surface area contributed by atoms with Crippen molar-refractivity contribution in [2.45, 2.75) is 12.8 Å². The Morgan fingerprint density at radius 3 is 2.58 bits per heavy atom. The summed E-state index contributed by atoms with van der Waals surface area (Å²) in [5.74, 6) is 3.29. The van der Waals surface area contributed by atoms with Crippen LogP contribution in [0.1, 0.15) is 22.3 Å². The Balaban J connectivity index is 1.71. The number of rotatable bonds is 2. The van der Waals surface area contributed by atoms with Gasteiger partial charge in [0, 0.05) is 36.8 Å². The van der Waals surface area contributed by atoms with Crippen LogP contribution >= 0.6 is 0 Å². The average molecular weight is 351 g/mol. The van der Waals surface area contributed by atoms with Gasteiger partial charge in [0.25, 0.3) is 0 Å². The molecule has 0 N–H and O–H groups in total. The number of hydrogen-bond acceptors (Lipinski definition) is 5. The third-order valence-corrected chi connectivity index (χ3v) is 5.56. The van der Waals surface area contributed by atoms with Crippen molar-refractivity contribution in [2.24, 2.45) is 0 Å². The van der Waals surface area contributed by atoms with Crippen LogP contribution in [0.5, 0.6) is 23.0 Å². The highest BCUT2D eigenvalue weighted by atomic mass is 16.7. The average Bonchev–Trinajstić information content (AvgIpc) is 3.24. The predicted molar refractivity (Wildman–Crippen MR) is 99.0 cm³/mol. The molecule has 0 aromatic heterocycles. The minimum absolute atomic E-state index is 0.301. The molecule has 0 bridgehead atoms. The van der Waals surface area contributed by atoms with Gasteiger partial charge in [0.1, 0.15) is 0 Å². The molecule has 2 aromatic rings. The molecule has 26 heavy (non-hydrogen) atoms. The predicted octanol–water partition coefficient (Wildman–Crippen LogP) is 3.34. The molecule has 2 heterocycles. The van der Waals surface area contributed by atoms with Crippen LogP contribution in [0, 0.1) is 0 Å². The molecule has 0 radical (unpaired) electrons. The maximum atomic E-state index is 5.70. The number of fused-ring (bicyclic) bond motifs is 5. The molecule has 0 spiro atoms. The summed E-state index contributed by atoms with van der Waals surface area (Å²) in [5, 5.41) is 0. The molecule has 1 aliphatic carbocycles. The Kier molecular flexibility index (Phi) is 3.32. The molecule has 5 rings (SSSR count). The van der Waals surface area contributed by atoms with Gasteiger partial charge in [-0.05, 0) is 47.4 Å². The van der Waals surface area contributed by atoms with Gasteiger partial charge < -0.3 is 23.8 Å². The number of nitrogens with zero attached hydrogens (tertiary/aromatic N) is 1. The van der Waals surface area contributed by atoms with E-state index < -0.39 is 0 Å². The summed E-state index contributed by atoms with van der Waals surface area (Å²) in [6, 6.07) is 8.42. The number of benzene rings is 2. The van der Waals surface area contributed by atoms with Gasteiger partial charge in [-0.25, -0.2) is 0 Å². The van der Waals surface area contributed by atoms with E-state index in [4.69, 9.17) is 18.9 Å². The number of methoxy groups -OCH3 is 2. The van der Waals surface area contributed by atoms with Crippen molar-refractivity contribution in [2.75, 3.05) is 34.6 Å². The van der Waals surface area contributed by atoms with Gasteiger partial charge in [0.2, 0.25) is 6.79 Å². The van der Waals surface area contributed by atoms with E-state index >= 15 is 0 Å². The first kappa shape index (κ1) is 15.4. The lowest BCUT2D eigenvalue weighted by Crippen LogP contribution is -2.18. The summed E-state index contributed by atoms with van der Waals surface area (Å²) in [7, 11) is 5.55. The second kappa shape index (κ2) is 5.59. The summed E-state index contributed by atoms with van der Waals surface area (Å²) >= 11 is 0. The first-order chi connectivity index (χ1) is 12.7. The third kappa shape index (κ3) is 2.03. The minimum Gasteiger partial charge on any atom is -0.493 e. The molecule has 5 nitrogen and oxygen atoms in total. The molecule has 5 heteroatoms. The quantitative estimate of drug-likeness (QED) is 0.830. The van der Waals surface area contributed by atoms with Crippen LogP contribution in [0.3, 0.4) is 0 Å². The molecule has 3 aliphatic rings. The number of ether oxygens (including phenoxy) is 4. The van der Waals surface area contributed by atoms with Crippen LogP contribution < -0.4 is 18.9 Å². The minimum atomic E-state index is 0.301.